The molecular formula is C15H22N2O3S. The number of hydrogen-bond donors (Lipinski definition) is 2. The molecule has 1 saturated carbocycles. The van der Waals surface area contributed by atoms with Crippen LogP contribution in [0.15, 0.2) is 29.2 Å². The fourth-order valence-electron chi connectivity index (χ4n) is 2.77. The maximum atomic E-state index is 12.4. The van der Waals surface area contributed by atoms with Crippen LogP contribution in [0.4, 0.5) is 5.69 Å². The predicted octanol–water partition coefficient (Wildman–Crippen LogP) is 2.63. The highest BCUT2D eigenvalue weighted by Crippen LogP contribution is 2.25. The number of nitrogens with one attached hydrogen (secondary N) is 1. The first-order chi connectivity index (χ1) is 9.98. The Kier molecular flexibility index (Phi) is 5.36. The van der Waals surface area contributed by atoms with Crippen molar-refractivity contribution in [2.24, 2.45) is 11.1 Å². The van der Waals surface area contributed by atoms with Crippen LogP contribution < -0.4 is 10.5 Å². The van der Waals surface area contributed by atoms with Crippen molar-refractivity contribution in [3.05, 3.63) is 24.3 Å². The van der Waals surface area contributed by atoms with Crippen LogP contribution in [-0.2, 0) is 14.8 Å². The maximum Gasteiger partial charge on any atom is 0.240 e. The second-order valence-electron chi connectivity index (χ2n) is 5.57. The van der Waals surface area contributed by atoms with Crippen molar-refractivity contribution in [2.45, 2.75) is 49.8 Å². The van der Waals surface area contributed by atoms with Gasteiger partial charge in [-0.1, -0.05) is 44.2 Å². The van der Waals surface area contributed by atoms with E-state index in [-0.39, 0.29) is 22.4 Å². The first-order valence-electron chi connectivity index (χ1n) is 7.41. The lowest BCUT2D eigenvalue weighted by atomic mass is 9.90. The SMILES string of the molecule is NS(=O)(=O)c1ccccc1NC(=O)C1CCCCCCC1. The zero-order valence-electron chi connectivity index (χ0n) is 12.0. The molecule has 0 heterocycles. The van der Waals surface area contributed by atoms with Crippen LogP contribution in [0, 0.1) is 5.92 Å². The number of primary sulfonamides is 1. The minimum atomic E-state index is -3.84. The van der Waals surface area contributed by atoms with Crippen LogP contribution in [0.3, 0.4) is 0 Å². The molecule has 5 nitrogen and oxygen atoms in total. The minimum Gasteiger partial charge on any atom is -0.325 e. The topological polar surface area (TPSA) is 89.3 Å². The lowest BCUT2D eigenvalue weighted by molar-refractivity contribution is -0.120. The van der Waals surface area contributed by atoms with E-state index in [1.165, 1.54) is 12.5 Å². The van der Waals surface area contributed by atoms with Gasteiger partial charge in [-0.05, 0) is 25.0 Å². The third-order valence-corrected chi connectivity index (χ3v) is 4.90. The van der Waals surface area contributed by atoms with E-state index in [0.717, 1.165) is 38.5 Å². The lowest BCUT2D eigenvalue weighted by Crippen LogP contribution is -2.25. The van der Waals surface area contributed by atoms with Gasteiger partial charge in [0.25, 0.3) is 0 Å². The van der Waals surface area contributed by atoms with Crippen molar-refractivity contribution in [2.75, 3.05) is 5.32 Å². The summed E-state index contributed by atoms with van der Waals surface area (Å²) in [6.07, 6.45) is 7.40. The highest BCUT2D eigenvalue weighted by atomic mass is 32.2. The van der Waals surface area contributed by atoms with Crippen LogP contribution >= 0.6 is 0 Å². The Morgan fingerprint density at radius 2 is 1.62 bits per heavy atom. The second kappa shape index (κ2) is 7.04. The molecule has 0 bridgehead atoms. The molecule has 0 radical (unpaired) electrons. The molecule has 6 heteroatoms. The van der Waals surface area contributed by atoms with Gasteiger partial charge in [-0.2, -0.15) is 0 Å². The molecule has 2 rings (SSSR count). The van der Waals surface area contributed by atoms with Gasteiger partial charge in [0.2, 0.25) is 15.9 Å². The van der Waals surface area contributed by atoms with Gasteiger partial charge >= 0.3 is 0 Å². The Morgan fingerprint density at radius 1 is 1.05 bits per heavy atom. The third kappa shape index (κ3) is 4.54. The van der Waals surface area contributed by atoms with Crippen molar-refractivity contribution in [1.29, 1.82) is 0 Å². The summed E-state index contributed by atoms with van der Waals surface area (Å²) in [5.41, 5.74) is 0.270. The largest absolute Gasteiger partial charge is 0.325 e. The molecule has 0 spiro atoms. The number of anilines is 1. The summed E-state index contributed by atoms with van der Waals surface area (Å²) in [6, 6.07) is 6.25. The van der Waals surface area contributed by atoms with E-state index in [9.17, 15) is 13.2 Å². The van der Waals surface area contributed by atoms with E-state index in [1.54, 1.807) is 18.2 Å². The first-order valence-corrected chi connectivity index (χ1v) is 8.96. The average Bonchev–Trinajstić information content (AvgIpc) is 2.37. The zero-order valence-corrected chi connectivity index (χ0v) is 12.9. The first kappa shape index (κ1) is 16.0. The van der Waals surface area contributed by atoms with Crippen molar-refractivity contribution < 1.29 is 13.2 Å². The summed E-state index contributed by atoms with van der Waals surface area (Å²) in [6.45, 7) is 0. The molecule has 0 atom stereocenters. The van der Waals surface area contributed by atoms with E-state index in [1.807, 2.05) is 0 Å². The molecule has 1 aliphatic carbocycles. The van der Waals surface area contributed by atoms with Gasteiger partial charge in [-0.25, -0.2) is 13.6 Å². The summed E-state index contributed by atoms with van der Waals surface area (Å²) in [5, 5.41) is 7.92. The number of benzene rings is 1. The van der Waals surface area contributed by atoms with Crippen molar-refractivity contribution in [3.8, 4) is 0 Å². The van der Waals surface area contributed by atoms with Crippen molar-refractivity contribution >= 4 is 21.6 Å². The number of nitrogens with two attached hydrogens (primary N) is 1. The van der Waals surface area contributed by atoms with Crippen LogP contribution in [0.5, 0.6) is 0 Å². The number of para-hydroxylation sites is 1. The van der Waals surface area contributed by atoms with E-state index < -0.39 is 10.0 Å². The van der Waals surface area contributed by atoms with E-state index in [2.05, 4.69) is 5.32 Å². The lowest BCUT2D eigenvalue weighted by Gasteiger charge is -2.19. The Hall–Kier alpha value is -1.40. The molecule has 1 aromatic carbocycles. The van der Waals surface area contributed by atoms with Crippen molar-refractivity contribution in [1.82, 2.24) is 0 Å². The Balaban J connectivity index is 2.12. The quantitative estimate of drug-likeness (QED) is 0.899. The van der Waals surface area contributed by atoms with Gasteiger partial charge in [0, 0.05) is 5.92 Å². The predicted molar refractivity (Wildman–Crippen MR) is 82.3 cm³/mol. The molecule has 1 aromatic rings. The number of sulfonamides is 1. The molecule has 0 unspecified atom stereocenters. The van der Waals surface area contributed by atoms with Crippen LogP contribution in [-0.4, -0.2) is 14.3 Å². The fraction of sp³-hybridized carbons (Fsp3) is 0.533. The molecule has 21 heavy (non-hydrogen) atoms. The molecule has 0 saturated heterocycles. The monoisotopic (exact) mass is 310 g/mol. The van der Waals surface area contributed by atoms with Gasteiger partial charge < -0.3 is 5.32 Å². The number of carbonyl (C=O) groups is 1. The number of amides is 1. The maximum absolute atomic E-state index is 12.4. The fourth-order valence-corrected chi connectivity index (χ4v) is 3.46. The molecule has 0 aromatic heterocycles. The minimum absolute atomic E-state index is 0.0378. The van der Waals surface area contributed by atoms with E-state index in [4.69, 9.17) is 5.14 Å². The summed E-state index contributed by atoms with van der Waals surface area (Å²) >= 11 is 0. The van der Waals surface area contributed by atoms with Crippen LogP contribution in [0.1, 0.15) is 44.9 Å². The summed E-state index contributed by atoms with van der Waals surface area (Å²) in [7, 11) is -3.84. The molecule has 116 valence electrons. The molecule has 0 aliphatic heterocycles. The van der Waals surface area contributed by atoms with Crippen LogP contribution in [0.2, 0.25) is 0 Å². The molecule has 1 amide bonds. The zero-order chi connectivity index (χ0) is 15.3. The summed E-state index contributed by atoms with van der Waals surface area (Å²) in [4.78, 5) is 12.3. The Morgan fingerprint density at radius 3 is 2.24 bits per heavy atom. The van der Waals surface area contributed by atoms with E-state index >= 15 is 0 Å². The third-order valence-electron chi connectivity index (χ3n) is 3.93. The molecule has 1 aliphatic rings. The standard InChI is InChI=1S/C15H22N2O3S/c16-21(19,20)14-11-7-6-10-13(14)17-15(18)12-8-4-2-1-3-5-9-12/h6-7,10-12H,1-5,8-9H2,(H,17,18)(H2,16,19,20). The van der Waals surface area contributed by atoms with Crippen molar-refractivity contribution in [3.63, 3.8) is 0 Å². The Bertz CT molecular complexity index is 591. The summed E-state index contributed by atoms with van der Waals surface area (Å²) in [5.74, 6) is -0.146. The normalized spacial score (nSPS) is 17.8. The van der Waals surface area contributed by atoms with Gasteiger partial charge in [0.15, 0.2) is 0 Å². The number of hydrogen-bond acceptors (Lipinski definition) is 3. The van der Waals surface area contributed by atoms with Crippen LogP contribution in [0.25, 0.3) is 0 Å². The number of rotatable bonds is 3. The highest BCUT2D eigenvalue weighted by molar-refractivity contribution is 7.89. The summed E-state index contributed by atoms with van der Waals surface area (Å²) < 4.78 is 23.1. The van der Waals surface area contributed by atoms with Gasteiger partial charge in [0.05, 0.1) is 5.69 Å². The smallest absolute Gasteiger partial charge is 0.240 e. The molecule has 3 N–H and O–H groups in total. The molecular weight excluding hydrogens is 288 g/mol. The van der Waals surface area contributed by atoms with Gasteiger partial charge in [0.1, 0.15) is 4.90 Å². The average molecular weight is 310 g/mol. The second-order valence-corrected chi connectivity index (χ2v) is 7.10. The highest BCUT2D eigenvalue weighted by Gasteiger charge is 2.21. The van der Waals surface area contributed by atoms with Gasteiger partial charge in [-0.15, -0.1) is 0 Å². The molecule has 1 fully saturated rings. The Labute approximate surface area is 126 Å². The number of carbonyl (C=O) groups excluding carboxylic acids is 1. The van der Waals surface area contributed by atoms with Gasteiger partial charge in [-0.3, -0.25) is 4.79 Å². The van der Waals surface area contributed by atoms with E-state index in [0.29, 0.717) is 0 Å².